The molecule has 2 heterocycles. The summed E-state index contributed by atoms with van der Waals surface area (Å²) in [5.41, 5.74) is 1.16. The number of fused-ring (bicyclic) bond motifs is 1. The van der Waals surface area contributed by atoms with Crippen LogP contribution >= 0.6 is 11.3 Å². The van der Waals surface area contributed by atoms with Gasteiger partial charge in [0, 0.05) is 17.3 Å². The Balaban J connectivity index is 1.93. The van der Waals surface area contributed by atoms with Crippen LogP contribution in [0.25, 0.3) is 10.1 Å². The van der Waals surface area contributed by atoms with Gasteiger partial charge in [0.25, 0.3) is 5.91 Å². The third-order valence-corrected chi connectivity index (χ3v) is 7.27. The summed E-state index contributed by atoms with van der Waals surface area (Å²) in [6.45, 7) is 4.36. The molecule has 3 rings (SSSR count). The van der Waals surface area contributed by atoms with Crippen LogP contribution in [-0.2, 0) is 9.84 Å². The maximum atomic E-state index is 12.8. The van der Waals surface area contributed by atoms with Crippen molar-refractivity contribution in [2.45, 2.75) is 26.3 Å². The molecule has 0 aliphatic carbocycles. The van der Waals surface area contributed by atoms with Gasteiger partial charge in [-0.3, -0.25) is 4.79 Å². The van der Waals surface area contributed by atoms with E-state index in [4.69, 9.17) is 0 Å². The molecule has 1 aliphatic heterocycles. The van der Waals surface area contributed by atoms with E-state index < -0.39 is 9.84 Å². The van der Waals surface area contributed by atoms with Crippen molar-refractivity contribution in [2.24, 2.45) is 0 Å². The van der Waals surface area contributed by atoms with Crippen molar-refractivity contribution in [1.29, 1.82) is 0 Å². The van der Waals surface area contributed by atoms with Crippen LogP contribution in [0.3, 0.4) is 0 Å². The topological polar surface area (TPSA) is 54.5 Å². The van der Waals surface area contributed by atoms with E-state index in [1.807, 2.05) is 38.1 Å². The zero-order chi connectivity index (χ0) is 15.9. The molecule has 1 fully saturated rings. The zero-order valence-corrected chi connectivity index (χ0v) is 14.3. The highest BCUT2D eigenvalue weighted by molar-refractivity contribution is 7.91. The first-order valence-electron chi connectivity index (χ1n) is 7.38. The Labute approximate surface area is 134 Å². The Bertz CT molecular complexity index is 823. The smallest absolute Gasteiger partial charge is 0.264 e. The molecular formula is C16H19NO3S2. The molecule has 1 unspecified atom stereocenters. The van der Waals surface area contributed by atoms with Crippen LogP contribution in [0.1, 0.15) is 28.6 Å². The molecule has 0 spiro atoms. The molecule has 0 N–H and O–H groups in total. The summed E-state index contributed by atoms with van der Waals surface area (Å²) >= 11 is 1.49. The van der Waals surface area contributed by atoms with E-state index >= 15 is 0 Å². The molecule has 1 aromatic carbocycles. The first kappa shape index (κ1) is 15.5. The van der Waals surface area contributed by atoms with Gasteiger partial charge in [0.1, 0.15) is 0 Å². The molecule has 0 saturated carbocycles. The number of hydrogen-bond donors (Lipinski definition) is 0. The van der Waals surface area contributed by atoms with Crippen LogP contribution in [-0.4, -0.2) is 43.3 Å². The summed E-state index contributed by atoms with van der Waals surface area (Å²) in [4.78, 5) is 15.2. The van der Waals surface area contributed by atoms with E-state index in [9.17, 15) is 13.2 Å². The van der Waals surface area contributed by atoms with Gasteiger partial charge in [0.05, 0.1) is 16.4 Å². The predicted octanol–water partition coefficient (Wildman–Crippen LogP) is 2.86. The fraction of sp³-hybridized carbons (Fsp3) is 0.438. The fourth-order valence-corrected chi connectivity index (χ4v) is 5.71. The molecule has 6 heteroatoms. The Morgan fingerprint density at radius 2 is 2.14 bits per heavy atom. The van der Waals surface area contributed by atoms with Gasteiger partial charge in [-0.2, -0.15) is 0 Å². The minimum atomic E-state index is -3.04. The lowest BCUT2D eigenvalue weighted by Crippen LogP contribution is -2.40. The van der Waals surface area contributed by atoms with Crippen molar-refractivity contribution < 1.29 is 13.2 Å². The molecule has 1 saturated heterocycles. The van der Waals surface area contributed by atoms with Gasteiger partial charge in [0.15, 0.2) is 9.84 Å². The maximum Gasteiger partial charge on any atom is 0.264 e. The standard InChI is InChI=1S/C16H19NO3S2/c1-11-5-3-6-13-9-14(21-15(11)13)16(18)17-7-4-8-22(19,20)10-12(17)2/h3,5-6,9,12H,4,7-8,10H2,1-2H3. The van der Waals surface area contributed by atoms with Crippen molar-refractivity contribution in [1.82, 2.24) is 4.90 Å². The van der Waals surface area contributed by atoms with Crippen LogP contribution in [0.5, 0.6) is 0 Å². The Kier molecular flexibility index (Phi) is 3.99. The summed E-state index contributed by atoms with van der Waals surface area (Å²) < 4.78 is 24.8. The van der Waals surface area contributed by atoms with Crippen molar-refractivity contribution in [3.8, 4) is 0 Å². The highest BCUT2D eigenvalue weighted by Crippen LogP contribution is 2.30. The largest absolute Gasteiger partial charge is 0.334 e. The number of amides is 1. The minimum absolute atomic E-state index is 0.0507. The molecule has 118 valence electrons. The van der Waals surface area contributed by atoms with Gasteiger partial charge in [-0.25, -0.2) is 8.42 Å². The monoisotopic (exact) mass is 337 g/mol. The lowest BCUT2D eigenvalue weighted by Gasteiger charge is -2.25. The van der Waals surface area contributed by atoms with Crippen LogP contribution in [0.15, 0.2) is 24.3 Å². The minimum Gasteiger partial charge on any atom is -0.334 e. The summed E-state index contributed by atoms with van der Waals surface area (Å²) in [5, 5.41) is 1.07. The molecule has 1 amide bonds. The number of sulfone groups is 1. The van der Waals surface area contributed by atoms with Crippen LogP contribution in [0.4, 0.5) is 0 Å². The van der Waals surface area contributed by atoms with Gasteiger partial charge in [-0.1, -0.05) is 18.2 Å². The van der Waals surface area contributed by atoms with Crippen molar-refractivity contribution in [2.75, 3.05) is 18.1 Å². The van der Waals surface area contributed by atoms with Gasteiger partial charge in [-0.15, -0.1) is 11.3 Å². The summed E-state index contributed by atoms with van der Waals surface area (Å²) in [6, 6.07) is 7.67. The normalized spacial score (nSPS) is 21.7. The van der Waals surface area contributed by atoms with Crippen LogP contribution in [0, 0.1) is 6.92 Å². The first-order valence-corrected chi connectivity index (χ1v) is 10.0. The molecular weight excluding hydrogens is 318 g/mol. The Morgan fingerprint density at radius 3 is 2.86 bits per heavy atom. The molecule has 0 bridgehead atoms. The number of rotatable bonds is 1. The van der Waals surface area contributed by atoms with Crippen molar-refractivity contribution in [3.05, 3.63) is 34.7 Å². The third-order valence-electron chi connectivity index (χ3n) is 4.09. The molecule has 4 nitrogen and oxygen atoms in total. The number of hydrogen-bond acceptors (Lipinski definition) is 4. The second-order valence-corrected chi connectivity index (χ2v) is 9.20. The van der Waals surface area contributed by atoms with E-state index in [1.54, 1.807) is 4.90 Å². The highest BCUT2D eigenvalue weighted by Gasteiger charge is 2.30. The van der Waals surface area contributed by atoms with Crippen LogP contribution < -0.4 is 0 Å². The SMILES string of the molecule is Cc1cccc2cc(C(=O)N3CCCS(=O)(=O)CC3C)sc12. The van der Waals surface area contributed by atoms with E-state index in [0.717, 1.165) is 15.6 Å². The number of benzene rings is 1. The van der Waals surface area contributed by atoms with Gasteiger partial charge in [0.2, 0.25) is 0 Å². The second-order valence-electron chi connectivity index (χ2n) is 5.92. The van der Waals surface area contributed by atoms with Gasteiger partial charge in [-0.05, 0) is 37.3 Å². The Morgan fingerprint density at radius 1 is 1.36 bits per heavy atom. The average molecular weight is 337 g/mol. The Hall–Kier alpha value is -1.40. The summed E-state index contributed by atoms with van der Waals surface area (Å²) in [6.07, 6.45) is 0.516. The second kappa shape index (κ2) is 5.66. The molecule has 1 aromatic heterocycles. The lowest BCUT2D eigenvalue weighted by atomic mass is 10.2. The third kappa shape index (κ3) is 2.90. The highest BCUT2D eigenvalue weighted by atomic mass is 32.2. The van der Waals surface area contributed by atoms with Crippen LogP contribution in [0.2, 0.25) is 0 Å². The van der Waals surface area contributed by atoms with E-state index in [-0.39, 0.29) is 23.5 Å². The number of nitrogens with zero attached hydrogens (tertiary/aromatic N) is 1. The number of carbonyl (C=O) groups is 1. The van der Waals surface area contributed by atoms with Gasteiger partial charge >= 0.3 is 0 Å². The number of aryl methyl sites for hydroxylation is 1. The summed E-state index contributed by atoms with van der Waals surface area (Å²) in [5.74, 6) is 0.181. The number of thiophene rings is 1. The van der Waals surface area contributed by atoms with E-state index in [2.05, 4.69) is 0 Å². The molecule has 1 atom stereocenters. The number of carbonyl (C=O) groups excluding carboxylic acids is 1. The lowest BCUT2D eigenvalue weighted by molar-refractivity contribution is 0.0717. The van der Waals surface area contributed by atoms with Crippen molar-refractivity contribution in [3.63, 3.8) is 0 Å². The maximum absolute atomic E-state index is 12.8. The average Bonchev–Trinajstić information content (AvgIpc) is 2.82. The molecule has 0 radical (unpaired) electrons. The molecule has 22 heavy (non-hydrogen) atoms. The predicted molar refractivity (Wildman–Crippen MR) is 90.3 cm³/mol. The fourth-order valence-electron chi connectivity index (χ4n) is 2.97. The first-order chi connectivity index (χ1) is 10.4. The van der Waals surface area contributed by atoms with Gasteiger partial charge < -0.3 is 4.90 Å². The quantitative estimate of drug-likeness (QED) is 0.804. The zero-order valence-electron chi connectivity index (χ0n) is 12.7. The van der Waals surface area contributed by atoms with E-state index in [1.165, 1.54) is 11.3 Å². The summed E-state index contributed by atoms with van der Waals surface area (Å²) in [7, 11) is -3.04. The van der Waals surface area contributed by atoms with E-state index in [0.29, 0.717) is 17.8 Å². The van der Waals surface area contributed by atoms with Crippen molar-refractivity contribution >= 4 is 37.2 Å². The molecule has 1 aliphatic rings. The molecule has 2 aromatic rings.